The second-order valence-corrected chi connectivity index (χ2v) is 9.91. The molecule has 1 aliphatic carbocycles. The first-order valence-corrected chi connectivity index (χ1v) is 13.0. The molecule has 0 atom stereocenters. The zero-order valence-corrected chi connectivity index (χ0v) is 21.0. The lowest BCUT2D eigenvalue weighted by Crippen LogP contribution is -2.44. The van der Waals surface area contributed by atoms with Crippen LogP contribution in [-0.4, -0.2) is 22.4 Å². The molecule has 0 radical (unpaired) electrons. The molecule has 10 heteroatoms. The molecule has 0 saturated carbocycles. The molecule has 0 spiro atoms. The highest BCUT2D eigenvalue weighted by Gasteiger charge is 2.27. The second-order valence-electron chi connectivity index (χ2n) is 8.83. The van der Waals surface area contributed by atoms with Crippen molar-refractivity contribution in [3.63, 3.8) is 0 Å². The maximum Gasteiger partial charge on any atom is 0.287 e. The van der Waals surface area contributed by atoms with Gasteiger partial charge in [-0.1, -0.05) is 32.0 Å². The van der Waals surface area contributed by atoms with E-state index in [2.05, 4.69) is 15.3 Å². The molecule has 186 valence electrons. The lowest BCUT2D eigenvalue weighted by atomic mass is 9.96. The van der Waals surface area contributed by atoms with Gasteiger partial charge in [0.2, 0.25) is 5.82 Å². The first kappa shape index (κ1) is 23.9. The summed E-state index contributed by atoms with van der Waals surface area (Å²) >= 11 is 1.50. The number of carbonyl (C=O) groups is 1. The molecule has 0 unspecified atom stereocenters. The highest BCUT2D eigenvalue weighted by atomic mass is 32.1. The number of aromatic amines is 1. The number of hydrogen-bond donors (Lipinski definition) is 3. The summed E-state index contributed by atoms with van der Waals surface area (Å²) in [6.07, 6.45) is 3.63. The van der Waals surface area contributed by atoms with Gasteiger partial charge in [0.1, 0.15) is 16.2 Å². The fourth-order valence-corrected chi connectivity index (χ4v) is 6.26. The highest BCUT2D eigenvalue weighted by molar-refractivity contribution is 7.18. The third-order valence-corrected chi connectivity index (χ3v) is 7.95. The zero-order valence-electron chi connectivity index (χ0n) is 20.2. The van der Waals surface area contributed by atoms with Crippen LogP contribution in [0.25, 0.3) is 10.2 Å². The van der Waals surface area contributed by atoms with Gasteiger partial charge in [-0.05, 0) is 47.9 Å². The summed E-state index contributed by atoms with van der Waals surface area (Å²) < 4.78 is 0. The zero-order chi connectivity index (χ0) is 25.6. The summed E-state index contributed by atoms with van der Waals surface area (Å²) in [4.78, 5) is 59.4. The van der Waals surface area contributed by atoms with Crippen molar-refractivity contribution in [3.05, 3.63) is 82.0 Å². The number of anilines is 2. The highest BCUT2D eigenvalue weighted by Crippen LogP contribution is 2.34. The summed E-state index contributed by atoms with van der Waals surface area (Å²) in [5.41, 5.74) is 8.80. The van der Waals surface area contributed by atoms with Crippen molar-refractivity contribution in [2.75, 3.05) is 17.2 Å². The Morgan fingerprint density at radius 2 is 1.94 bits per heavy atom. The number of fused-ring (bicyclic) bond motifs is 4. The van der Waals surface area contributed by atoms with E-state index in [4.69, 9.17) is 5.73 Å². The number of rotatable bonds is 4. The molecule has 9 nitrogen and oxygen atoms in total. The molecule has 4 N–H and O–H groups in total. The van der Waals surface area contributed by atoms with Gasteiger partial charge in [-0.3, -0.25) is 19.2 Å². The molecule has 2 aromatic carbocycles. The Kier molecular flexibility index (Phi) is 6.21. The lowest BCUT2D eigenvalue weighted by molar-refractivity contribution is 0.0940. The Labute approximate surface area is 210 Å². The molecule has 4 aromatic rings. The van der Waals surface area contributed by atoms with Crippen LogP contribution < -0.4 is 32.4 Å². The number of benzene rings is 1. The Bertz CT molecular complexity index is 1630. The van der Waals surface area contributed by atoms with Crippen LogP contribution in [0.3, 0.4) is 0 Å². The molecule has 1 aliphatic heterocycles. The van der Waals surface area contributed by atoms with Crippen LogP contribution in [0.2, 0.25) is 0 Å². The topological polar surface area (TPSA) is 138 Å². The number of nitrogen functional groups attached to an aromatic ring is 1. The number of thiophene rings is 1. The maximum atomic E-state index is 12.7. The minimum Gasteiger partial charge on any atom is -0.394 e. The van der Waals surface area contributed by atoms with Gasteiger partial charge in [-0.2, -0.15) is 0 Å². The molecular formula is C26H27N5O4S. The Balaban J connectivity index is 0.00000130. The van der Waals surface area contributed by atoms with E-state index in [0.29, 0.717) is 29.0 Å². The fourth-order valence-electron chi connectivity index (χ4n) is 5.00. The van der Waals surface area contributed by atoms with E-state index in [-0.39, 0.29) is 23.6 Å². The first-order valence-electron chi connectivity index (χ1n) is 12.2. The van der Waals surface area contributed by atoms with Gasteiger partial charge in [-0.15, -0.1) is 11.3 Å². The number of hydrogen-bond acceptors (Lipinski definition) is 8. The van der Waals surface area contributed by atoms with Crippen molar-refractivity contribution in [1.82, 2.24) is 15.3 Å². The molecular weight excluding hydrogens is 478 g/mol. The third-order valence-electron chi connectivity index (χ3n) is 6.76. The first-order chi connectivity index (χ1) is 17.4. The van der Waals surface area contributed by atoms with Crippen molar-refractivity contribution in [1.29, 1.82) is 0 Å². The monoisotopic (exact) mass is 505 g/mol. The Hall–Kier alpha value is -3.79. The average Bonchev–Trinajstić information content (AvgIpc) is 3.49. The van der Waals surface area contributed by atoms with Gasteiger partial charge in [0.25, 0.3) is 22.3 Å². The molecule has 2 aliphatic rings. The summed E-state index contributed by atoms with van der Waals surface area (Å²) in [6.45, 7) is 5.35. The van der Waals surface area contributed by atoms with Gasteiger partial charge in [-0.25, -0.2) is 4.98 Å². The van der Waals surface area contributed by atoms with E-state index >= 15 is 0 Å². The normalized spacial score (nSPS) is 14.3. The fraction of sp³-hybridized carbons (Fsp3) is 0.346. The minimum atomic E-state index is -0.616. The van der Waals surface area contributed by atoms with Crippen LogP contribution in [-0.2, 0) is 32.4 Å². The molecule has 1 amide bonds. The van der Waals surface area contributed by atoms with Crippen molar-refractivity contribution >= 4 is 38.8 Å². The summed E-state index contributed by atoms with van der Waals surface area (Å²) in [7, 11) is 0. The molecule has 36 heavy (non-hydrogen) atoms. The molecule has 0 bridgehead atoms. The summed E-state index contributed by atoms with van der Waals surface area (Å²) in [6, 6.07) is 5.94. The number of aromatic nitrogens is 2. The summed E-state index contributed by atoms with van der Waals surface area (Å²) in [5, 5.41) is 3.45. The Morgan fingerprint density at radius 3 is 2.72 bits per heavy atom. The van der Waals surface area contributed by atoms with Crippen molar-refractivity contribution in [3.8, 4) is 0 Å². The number of aryl methyl sites for hydroxylation is 2. The lowest BCUT2D eigenvalue weighted by Gasteiger charge is -2.32. The van der Waals surface area contributed by atoms with Gasteiger partial charge in [0.15, 0.2) is 0 Å². The van der Waals surface area contributed by atoms with Crippen LogP contribution in [0.5, 0.6) is 0 Å². The third kappa shape index (κ3) is 3.91. The van der Waals surface area contributed by atoms with Crippen LogP contribution >= 0.6 is 11.3 Å². The van der Waals surface area contributed by atoms with Crippen LogP contribution in [0.1, 0.15) is 58.0 Å². The predicted molar refractivity (Wildman–Crippen MR) is 142 cm³/mol. The average molecular weight is 506 g/mol. The smallest absolute Gasteiger partial charge is 0.287 e. The number of amides is 1. The second kappa shape index (κ2) is 9.34. The number of carbonyl (C=O) groups excluding carboxylic acids is 1. The quantitative estimate of drug-likeness (QED) is 0.361. The van der Waals surface area contributed by atoms with E-state index in [9.17, 15) is 19.2 Å². The SMILES string of the molecule is CC.Nc1c(N2CCc3ccc(CNC(=O)c4nc5sc6c(c5c(=O)[nH]4)CCC6)cc3C2)c(=O)c1=O. The molecule has 0 fully saturated rings. The molecule has 6 rings (SSSR count). The molecule has 0 saturated heterocycles. The van der Waals surface area contributed by atoms with E-state index in [1.165, 1.54) is 16.2 Å². The molecule has 2 aromatic heterocycles. The maximum absolute atomic E-state index is 12.7. The summed E-state index contributed by atoms with van der Waals surface area (Å²) in [5.74, 6) is -0.430. The van der Waals surface area contributed by atoms with E-state index in [1.54, 1.807) is 0 Å². The standard InChI is InChI=1S/C24H21N5O4S.C2H6/c25-17-18(20(31)19(17)30)29-7-6-12-5-4-11(8-13(12)10-29)9-26-23(33)21-27-22(32)16-14-2-1-3-15(14)34-24(16)28-21;1-2/h4-5,8H,1-3,6-7,9-10,25H2,(H,26,33)(H,27,28,32);1-2H3. The molecule has 3 heterocycles. The number of nitrogens with two attached hydrogens (primary N) is 1. The van der Waals surface area contributed by atoms with Crippen LogP contribution in [0.4, 0.5) is 11.4 Å². The van der Waals surface area contributed by atoms with Crippen molar-refractivity contribution in [2.45, 2.75) is 52.6 Å². The van der Waals surface area contributed by atoms with E-state index < -0.39 is 16.8 Å². The van der Waals surface area contributed by atoms with Gasteiger partial charge >= 0.3 is 0 Å². The van der Waals surface area contributed by atoms with Crippen molar-refractivity contribution in [2.24, 2.45) is 0 Å². The van der Waals surface area contributed by atoms with Gasteiger partial charge < -0.3 is 20.9 Å². The predicted octanol–water partition coefficient (Wildman–Crippen LogP) is 2.17. The van der Waals surface area contributed by atoms with Crippen molar-refractivity contribution < 1.29 is 4.79 Å². The number of nitrogens with zero attached hydrogens (tertiary/aromatic N) is 2. The van der Waals surface area contributed by atoms with E-state index in [1.807, 2.05) is 36.9 Å². The van der Waals surface area contributed by atoms with Crippen LogP contribution in [0, 0.1) is 0 Å². The number of nitrogens with one attached hydrogen (secondary N) is 2. The number of H-pyrrole nitrogens is 1. The largest absolute Gasteiger partial charge is 0.394 e. The van der Waals surface area contributed by atoms with Crippen LogP contribution in [0.15, 0.2) is 32.6 Å². The van der Waals surface area contributed by atoms with Gasteiger partial charge in [0.05, 0.1) is 5.39 Å². The van der Waals surface area contributed by atoms with Gasteiger partial charge in [0, 0.05) is 24.5 Å². The Morgan fingerprint density at radius 1 is 1.14 bits per heavy atom. The minimum absolute atomic E-state index is 0.0112. The van der Waals surface area contributed by atoms with E-state index in [0.717, 1.165) is 47.9 Å².